The molecule has 10 aromatic rings. The molecule has 10 rings (SSSR count). The van der Waals surface area contributed by atoms with Crippen LogP contribution in [0.5, 0.6) is 0 Å². The summed E-state index contributed by atoms with van der Waals surface area (Å²) in [5.41, 5.74) is 9.16. The van der Waals surface area contributed by atoms with Crippen LogP contribution in [0.2, 0.25) is 0 Å². The van der Waals surface area contributed by atoms with Gasteiger partial charge in [-0.05, 0) is 41.5 Å². The molecule has 0 unspecified atom stereocenters. The molecular formula is C44H27N5S. The maximum absolute atomic E-state index is 5.12. The fraction of sp³-hybridized carbons (Fsp3) is 0. The SMILES string of the molecule is c1ccc(-c2cc(-c3nc(-c4ccccc4)nc(-c4ccccc4)n3)cc(-n3c4ccccc4c4ncc5sc6ccccc6c5c43)c2)cc1. The van der Waals surface area contributed by atoms with Crippen LogP contribution in [-0.2, 0) is 0 Å². The lowest BCUT2D eigenvalue weighted by Gasteiger charge is -2.15. The highest BCUT2D eigenvalue weighted by Gasteiger charge is 2.21. The predicted molar refractivity (Wildman–Crippen MR) is 207 cm³/mol. The van der Waals surface area contributed by atoms with Crippen molar-refractivity contribution in [2.75, 3.05) is 0 Å². The van der Waals surface area contributed by atoms with Crippen LogP contribution in [0.25, 0.3) is 93.1 Å². The average Bonchev–Trinajstić information content (AvgIpc) is 3.74. The molecule has 4 heterocycles. The zero-order valence-corrected chi connectivity index (χ0v) is 27.5. The van der Waals surface area contributed by atoms with Crippen LogP contribution < -0.4 is 0 Å². The first-order valence-electron chi connectivity index (χ1n) is 16.6. The van der Waals surface area contributed by atoms with Crippen molar-refractivity contribution in [3.05, 3.63) is 164 Å². The minimum atomic E-state index is 0.613. The largest absolute Gasteiger partial charge is 0.307 e. The molecule has 6 heteroatoms. The van der Waals surface area contributed by atoms with Gasteiger partial charge in [0.2, 0.25) is 0 Å². The Labute approximate surface area is 291 Å². The molecule has 0 saturated heterocycles. The lowest BCUT2D eigenvalue weighted by atomic mass is 10.0. The predicted octanol–water partition coefficient (Wildman–Crippen LogP) is 11.4. The highest BCUT2D eigenvalue weighted by molar-refractivity contribution is 7.26. The number of thiophene rings is 1. The zero-order valence-electron chi connectivity index (χ0n) is 26.7. The highest BCUT2D eigenvalue weighted by Crippen LogP contribution is 2.43. The third kappa shape index (κ3) is 4.69. The third-order valence-electron chi connectivity index (χ3n) is 9.26. The molecule has 0 aliphatic rings. The zero-order chi connectivity index (χ0) is 33.0. The maximum Gasteiger partial charge on any atom is 0.164 e. The Bertz CT molecular complexity index is 2800. The van der Waals surface area contributed by atoms with Crippen molar-refractivity contribution in [2.24, 2.45) is 0 Å². The number of nitrogens with zero attached hydrogens (tertiary/aromatic N) is 5. The van der Waals surface area contributed by atoms with E-state index in [1.54, 1.807) is 11.3 Å². The minimum absolute atomic E-state index is 0.613. The van der Waals surface area contributed by atoms with Crippen molar-refractivity contribution in [3.8, 4) is 51.0 Å². The van der Waals surface area contributed by atoms with Crippen LogP contribution in [0.1, 0.15) is 0 Å². The van der Waals surface area contributed by atoms with Gasteiger partial charge in [-0.2, -0.15) is 0 Å². The Kier molecular flexibility index (Phi) is 6.60. The van der Waals surface area contributed by atoms with Crippen molar-refractivity contribution < 1.29 is 0 Å². The smallest absolute Gasteiger partial charge is 0.164 e. The van der Waals surface area contributed by atoms with Crippen molar-refractivity contribution in [1.29, 1.82) is 0 Å². The van der Waals surface area contributed by atoms with Crippen LogP contribution in [0, 0.1) is 0 Å². The van der Waals surface area contributed by atoms with E-state index >= 15 is 0 Å². The van der Waals surface area contributed by atoms with Crippen molar-refractivity contribution in [1.82, 2.24) is 24.5 Å². The van der Waals surface area contributed by atoms with E-state index in [0.29, 0.717) is 17.5 Å². The number of hydrogen-bond acceptors (Lipinski definition) is 5. The van der Waals surface area contributed by atoms with Gasteiger partial charge in [0.15, 0.2) is 17.5 Å². The number of hydrogen-bond donors (Lipinski definition) is 0. The normalized spacial score (nSPS) is 11.6. The molecule has 50 heavy (non-hydrogen) atoms. The van der Waals surface area contributed by atoms with Gasteiger partial charge < -0.3 is 4.57 Å². The Morgan fingerprint density at radius 2 is 0.980 bits per heavy atom. The summed E-state index contributed by atoms with van der Waals surface area (Å²) in [6.45, 7) is 0. The molecule has 5 nitrogen and oxygen atoms in total. The second-order valence-corrected chi connectivity index (χ2v) is 13.4. The molecule has 234 valence electrons. The topological polar surface area (TPSA) is 56.5 Å². The number of aromatic nitrogens is 5. The second-order valence-electron chi connectivity index (χ2n) is 12.3. The molecule has 0 amide bonds. The quantitative estimate of drug-likeness (QED) is 0.185. The van der Waals surface area contributed by atoms with E-state index in [9.17, 15) is 0 Å². The van der Waals surface area contributed by atoms with Crippen LogP contribution in [-0.4, -0.2) is 24.5 Å². The summed E-state index contributed by atoms with van der Waals surface area (Å²) in [5, 5.41) is 3.57. The van der Waals surface area contributed by atoms with E-state index in [1.165, 1.54) is 20.2 Å². The van der Waals surface area contributed by atoms with E-state index in [2.05, 4.69) is 102 Å². The molecule has 0 N–H and O–H groups in total. The summed E-state index contributed by atoms with van der Waals surface area (Å²) in [6.07, 6.45) is 2.03. The summed E-state index contributed by atoms with van der Waals surface area (Å²) < 4.78 is 4.80. The molecular weight excluding hydrogens is 631 g/mol. The van der Waals surface area contributed by atoms with Crippen LogP contribution in [0.15, 0.2) is 164 Å². The molecule has 0 atom stereocenters. The molecule has 0 aliphatic heterocycles. The first-order valence-corrected chi connectivity index (χ1v) is 17.4. The van der Waals surface area contributed by atoms with E-state index < -0.39 is 0 Å². The summed E-state index contributed by atoms with van der Waals surface area (Å²) >= 11 is 1.79. The lowest BCUT2D eigenvalue weighted by molar-refractivity contribution is 1.07. The molecule has 0 bridgehead atoms. The molecule has 0 spiro atoms. The van der Waals surface area contributed by atoms with Crippen LogP contribution >= 0.6 is 11.3 Å². The van der Waals surface area contributed by atoms with Crippen LogP contribution in [0.4, 0.5) is 0 Å². The van der Waals surface area contributed by atoms with E-state index in [-0.39, 0.29) is 0 Å². The van der Waals surface area contributed by atoms with Gasteiger partial charge in [-0.1, -0.05) is 127 Å². The minimum Gasteiger partial charge on any atom is -0.307 e. The van der Waals surface area contributed by atoms with Gasteiger partial charge >= 0.3 is 0 Å². The molecule has 0 saturated carbocycles. The van der Waals surface area contributed by atoms with E-state index in [4.69, 9.17) is 19.9 Å². The lowest BCUT2D eigenvalue weighted by Crippen LogP contribution is -2.02. The number of rotatable bonds is 5. The fourth-order valence-corrected chi connectivity index (χ4v) is 8.06. The Balaban J connectivity index is 1.30. The number of benzene rings is 6. The summed E-state index contributed by atoms with van der Waals surface area (Å²) in [7, 11) is 0. The Morgan fingerprint density at radius 3 is 1.66 bits per heavy atom. The maximum atomic E-state index is 5.12. The van der Waals surface area contributed by atoms with Crippen molar-refractivity contribution in [3.63, 3.8) is 0 Å². The summed E-state index contributed by atoms with van der Waals surface area (Å²) in [6, 6.07) is 54.7. The molecule has 0 fully saturated rings. The Morgan fingerprint density at radius 1 is 0.440 bits per heavy atom. The first kappa shape index (κ1) is 28.5. The van der Waals surface area contributed by atoms with E-state index in [1.807, 2.05) is 66.9 Å². The second kappa shape index (κ2) is 11.6. The first-order chi connectivity index (χ1) is 24.8. The summed E-state index contributed by atoms with van der Waals surface area (Å²) in [4.78, 5) is 20.3. The standard InChI is InChI=1S/C44H27N5S/c1-4-14-28(15-5-1)31-24-32(44-47-42(29-16-6-2-7-17-29)46-43(48-44)30-18-8-3-9-19-30)26-33(25-31)49-36-22-12-10-20-34(36)40-41(49)39-35-21-11-13-23-37(35)50-38(39)27-45-40/h1-27H. The van der Waals surface area contributed by atoms with Gasteiger partial charge in [0, 0.05) is 49.4 Å². The molecule has 4 aromatic heterocycles. The van der Waals surface area contributed by atoms with E-state index in [0.717, 1.165) is 55.4 Å². The molecule has 0 radical (unpaired) electrons. The highest BCUT2D eigenvalue weighted by atomic mass is 32.1. The van der Waals surface area contributed by atoms with Crippen molar-refractivity contribution in [2.45, 2.75) is 0 Å². The number of para-hydroxylation sites is 1. The van der Waals surface area contributed by atoms with Crippen LogP contribution in [0.3, 0.4) is 0 Å². The summed E-state index contributed by atoms with van der Waals surface area (Å²) in [5.74, 6) is 1.88. The van der Waals surface area contributed by atoms with Gasteiger partial charge in [0.25, 0.3) is 0 Å². The van der Waals surface area contributed by atoms with Gasteiger partial charge in [-0.15, -0.1) is 11.3 Å². The van der Waals surface area contributed by atoms with Gasteiger partial charge in [0.1, 0.15) is 0 Å². The van der Waals surface area contributed by atoms with Gasteiger partial charge in [0.05, 0.1) is 21.3 Å². The number of fused-ring (bicyclic) bond motifs is 7. The molecule has 0 aliphatic carbocycles. The molecule has 6 aromatic carbocycles. The monoisotopic (exact) mass is 657 g/mol. The fourth-order valence-electron chi connectivity index (χ4n) is 6.98. The third-order valence-corrected chi connectivity index (χ3v) is 10.4. The van der Waals surface area contributed by atoms with Gasteiger partial charge in [-0.25, -0.2) is 15.0 Å². The average molecular weight is 658 g/mol. The Hall–Kier alpha value is -6.50. The van der Waals surface area contributed by atoms with Crippen molar-refractivity contribution >= 4 is 53.4 Å². The number of pyridine rings is 1. The van der Waals surface area contributed by atoms with Gasteiger partial charge in [-0.3, -0.25) is 4.98 Å².